The van der Waals surface area contributed by atoms with Crippen LogP contribution < -0.4 is 20.3 Å². The highest BCUT2D eigenvalue weighted by Crippen LogP contribution is 2.43. The van der Waals surface area contributed by atoms with Gasteiger partial charge in [0.25, 0.3) is 5.56 Å². The Labute approximate surface area is 157 Å². The number of nitrogens with one attached hydrogen (secondary N) is 1. The number of aromatic nitrogens is 1. The molecule has 0 radical (unpaired) electrons. The molecule has 4 rings (SSSR count). The van der Waals surface area contributed by atoms with E-state index in [1.807, 2.05) is 19.2 Å². The van der Waals surface area contributed by atoms with Crippen LogP contribution in [0.25, 0.3) is 11.1 Å². The van der Waals surface area contributed by atoms with Crippen LogP contribution in [0.4, 0.5) is 5.69 Å². The molecule has 26 heavy (non-hydrogen) atoms. The summed E-state index contributed by atoms with van der Waals surface area (Å²) < 4.78 is 13.8. The van der Waals surface area contributed by atoms with E-state index in [0.717, 1.165) is 28.4 Å². The highest BCUT2D eigenvalue weighted by atomic mass is 32.2. The van der Waals surface area contributed by atoms with Gasteiger partial charge < -0.3 is 19.4 Å². The third-order valence-electron chi connectivity index (χ3n) is 4.86. The first kappa shape index (κ1) is 17.3. The minimum atomic E-state index is -0.0721. The molecule has 0 bridgehead atoms. The van der Waals surface area contributed by atoms with E-state index in [2.05, 4.69) is 23.7 Å². The molecule has 0 spiro atoms. The topological polar surface area (TPSA) is 52.5 Å². The first-order chi connectivity index (χ1) is 12.6. The lowest BCUT2D eigenvalue weighted by Gasteiger charge is -2.27. The monoisotopic (exact) mass is 372 g/mol. The summed E-state index contributed by atoms with van der Waals surface area (Å²) in [5.74, 6) is 2.15. The van der Waals surface area contributed by atoms with Gasteiger partial charge in [-0.05, 0) is 50.1 Å². The van der Waals surface area contributed by atoms with Crippen LogP contribution in [0, 0.1) is 5.92 Å². The molecule has 6 heteroatoms. The van der Waals surface area contributed by atoms with Crippen LogP contribution in [0.5, 0.6) is 11.5 Å². The second kappa shape index (κ2) is 6.91. The molecule has 5 nitrogen and oxygen atoms in total. The van der Waals surface area contributed by atoms with Crippen LogP contribution in [0.2, 0.25) is 0 Å². The average molecular weight is 372 g/mol. The van der Waals surface area contributed by atoms with Gasteiger partial charge in [-0.15, -0.1) is 11.8 Å². The minimum absolute atomic E-state index is 0.00733. The number of anilines is 1. The van der Waals surface area contributed by atoms with Crippen LogP contribution in [-0.4, -0.2) is 30.1 Å². The van der Waals surface area contributed by atoms with Crippen molar-refractivity contribution in [2.45, 2.75) is 30.8 Å². The molecule has 1 fully saturated rings. The molecule has 1 aromatic carbocycles. The van der Waals surface area contributed by atoms with Crippen LogP contribution >= 0.6 is 11.8 Å². The number of fused-ring (bicyclic) bond motifs is 1. The maximum Gasteiger partial charge on any atom is 0.277 e. The zero-order valence-electron chi connectivity index (χ0n) is 15.4. The second-order valence-corrected chi connectivity index (χ2v) is 7.97. The minimum Gasteiger partial charge on any atom is -0.493 e. The van der Waals surface area contributed by atoms with Crippen LogP contribution in [0.1, 0.15) is 19.8 Å². The van der Waals surface area contributed by atoms with Gasteiger partial charge in [0, 0.05) is 29.3 Å². The quantitative estimate of drug-likeness (QED) is 0.810. The van der Waals surface area contributed by atoms with E-state index in [-0.39, 0.29) is 11.7 Å². The number of rotatable bonds is 5. The zero-order valence-corrected chi connectivity index (χ0v) is 16.2. The fraction of sp³-hybridized carbons (Fsp3) is 0.450. The summed E-state index contributed by atoms with van der Waals surface area (Å²) in [6, 6.07) is 6.23. The van der Waals surface area contributed by atoms with Crippen molar-refractivity contribution < 1.29 is 9.47 Å². The fourth-order valence-electron chi connectivity index (χ4n) is 3.14. The fourth-order valence-corrected chi connectivity index (χ4v) is 3.58. The molecule has 2 aromatic rings. The first-order valence-corrected chi connectivity index (χ1v) is 10.2. The molecule has 1 saturated carbocycles. The number of hydrogen-bond acceptors (Lipinski definition) is 5. The molecular weight excluding hydrogens is 348 g/mol. The molecule has 1 atom stereocenters. The van der Waals surface area contributed by atoms with Gasteiger partial charge >= 0.3 is 0 Å². The van der Waals surface area contributed by atoms with Crippen LogP contribution in [0.15, 0.2) is 34.1 Å². The number of pyridine rings is 1. The van der Waals surface area contributed by atoms with Gasteiger partial charge in [0.05, 0.1) is 13.2 Å². The molecule has 2 aliphatic rings. The van der Waals surface area contributed by atoms with Crippen LogP contribution in [-0.2, 0) is 7.05 Å². The van der Waals surface area contributed by atoms with E-state index in [1.165, 1.54) is 12.8 Å². The molecule has 1 aliphatic carbocycles. The lowest BCUT2D eigenvalue weighted by atomic mass is 10.0. The summed E-state index contributed by atoms with van der Waals surface area (Å²) in [5, 5.41) is 3.24. The Bertz CT molecular complexity index is 889. The molecule has 138 valence electrons. The van der Waals surface area contributed by atoms with E-state index < -0.39 is 0 Å². The molecule has 1 aliphatic heterocycles. The van der Waals surface area contributed by atoms with Crippen molar-refractivity contribution in [2.24, 2.45) is 13.0 Å². The maximum atomic E-state index is 12.5. The SMILES string of the molecule is CSc1ccc(OCC2CC2)c(-c2cn(C)c(=O)c3c2OC(C)CN3)c1. The van der Waals surface area contributed by atoms with Crippen LogP contribution in [0.3, 0.4) is 0 Å². The molecule has 1 unspecified atom stereocenters. The van der Waals surface area contributed by atoms with Crippen molar-refractivity contribution in [3.05, 3.63) is 34.7 Å². The van der Waals surface area contributed by atoms with Gasteiger partial charge in [0.2, 0.25) is 0 Å². The normalized spacial score (nSPS) is 18.7. The predicted octanol–water partition coefficient (Wildman–Crippen LogP) is 3.76. The summed E-state index contributed by atoms with van der Waals surface area (Å²) in [5.41, 5.74) is 2.33. The van der Waals surface area contributed by atoms with Crippen molar-refractivity contribution in [3.63, 3.8) is 0 Å². The Kier molecular flexibility index (Phi) is 4.61. The first-order valence-electron chi connectivity index (χ1n) is 9.02. The maximum absolute atomic E-state index is 12.5. The molecule has 1 aromatic heterocycles. The van der Waals surface area contributed by atoms with Gasteiger partial charge in [-0.3, -0.25) is 4.79 Å². The van der Waals surface area contributed by atoms with Crippen molar-refractivity contribution in [1.29, 1.82) is 0 Å². The zero-order chi connectivity index (χ0) is 18.3. The van der Waals surface area contributed by atoms with Gasteiger partial charge in [-0.25, -0.2) is 0 Å². The summed E-state index contributed by atoms with van der Waals surface area (Å²) in [6.45, 7) is 3.37. The predicted molar refractivity (Wildman–Crippen MR) is 106 cm³/mol. The summed E-state index contributed by atoms with van der Waals surface area (Å²) in [6.07, 6.45) is 6.41. The number of thioether (sulfide) groups is 1. The second-order valence-electron chi connectivity index (χ2n) is 7.09. The Morgan fingerprint density at radius 3 is 2.88 bits per heavy atom. The lowest BCUT2D eigenvalue weighted by Crippen LogP contribution is -2.33. The highest BCUT2D eigenvalue weighted by Gasteiger charge is 2.26. The molecule has 0 amide bonds. The van der Waals surface area contributed by atoms with Crippen molar-refractivity contribution in [3.8, 4) is 22.6 Å². The highest BCUT2D eigenvalue weighted by molar-refractivity contribution is 7.98. The number of nitrogens with zero attached hydrogens (tertiary/aromatic N) is 1. The molecule has 0 saturated heterocycles. The van der Waals surface area contributed by atoms with Gasteiger partial charge in [-0.2, -0.15) is 0 Å². The van der Waals surface area contributed by atoms with Gasteiger partial charge in [0.15, 0.2) is 5.75 Å². The van der Waals surface area contributed by atoms with E-state index in [0.29, 0.717) is 23.9 Å². The Morgan fingerprint density at radius 2 is 2.15 bits per heavy atom. The van der Waals surface area contributed by atoms with Crippen molar-refractivity contribution in [2.75, 3.05) is 24.7 Å². The van der Waals surface area contributed by atoms with Crippen molar-refractivity contribution >= 4 is 17.4 Å². The largest absolute Gasteiger partial charge is 0.493 e. The number of aryl methyl sites for hydroxylation is 1. The Morgan fingerprint density at radius 1 is 1.35 bits per heavy atom. The molecule has 2 heterocycles. The molecular formula is C20H24N2O3S. The number of hydrogen-bond donors (Lipinski definition) is 1. The Balaban J connectivity index is 1.85. The van der Waals surface area contributed by atoms with E-state index >= 15 is 0 Å². The summed E-state index contributed by atoms with van der Waals surface area (Å²) in [4.78, 5) is 13.7. The smallest absolute Gasteiger partial charge is 0.277 e. The standard InChI is InChI=1S/C20H24N2O3S/c1-12-9-21-18-19(25-12)16(10-22(2)20(18)23)15-8-14(26-3)6-7-17(15)24-11-13-4-5-13/h6-8,10,12-13,21H,4-5,9,11H2,1-3H3. The van der Waals surface area contributed by atoms with Gasteiger partial charge in [0.1, 0.15) is 17.5 Å². The van der Waals surface area contributed by atoms with E-state index in [1.54, 1.807) is 23.4 Å². The average Bonchev–Trinajstić information content (AvgIpc) is 3.47. The van der Waals surface area contributed by atoms with Crippen molar-refractivity contribution in [1.82, 2.24) is 4.57 Å². The van der Waals surface area contributed by atoms with E-state index in [9.17, 15) is 4.79 Å². The molecule has 1 N–H and O–H groups in total. The number of ether oxygens (including phenoxy) is 2. The summed E-state index contributed by atoms with van der Waals surface area (Å²) >= 11 is 1.69. The third-order valence-corrected chi connectivity index (χ3v) is 5.59. The van der Waals surface area contributed by atoms with E-state index in [4.69, 9.17) is 9.47 Å². The lowest BCUT2D eigenvalue weighted by molar-refractivity contribution is 0.226. The Hall–Kier alpha value is -2.08. The third kappa shape index (κ3) is 3.30. The van der Waals surface area contributed by atoms with Gasteiger partial charge in [-0.1, -0.05) is 0 Å². The number of benzene rings is 1. The summed E-state index contributed by atoms with van der Waals surface area (Å²) in [7, 11) is 1.77.